The fourth-order valence-corrected chi connectivity index (χ4v) is 3.85. The van der Waals surface area contributed by atoms with Gasteiger partial charge in [0.25, 0.3) is 0 Å². The Bertz CT molecular complexity index is 574. The average molecular weight is 345 g/mol. The van der Waals surface area contributed by atoms with Gasteiger partial charge in [0.15, 0.2) is 0 Å². The predicted molar refractivity (Wildman–Crippen MR) is 99.5 cm³/mol. The number of piperazine rings is 1. The van der Waals surface area contributed by atoms with Crippen LogP contribution in [0.5, 0.6) is 0 Å². The fraction of sp³-hybridized carbons (Fsp3) is 0.650. The van der Waals surface area contributed by atoms with Crippen molar-refractivity contribution in [2.45, 2.75) is 39.5 Å². The van der Waals surface area contributed by atoms with E-state index in [2.05, 4.69) is 41.0 Å². The fourth-order valence-electron chi connectivity index (χ4n) is 3.85. The van der Waals surface area contributed by atoms with Gasteiger partial charge in [-0.3, -0.25) is 14.6 Å². The highest BCUT2D eigenvalue weighted by Gasteiger charge is 2.27. The summed E-state index contributed by atoms with van der Waals surface area (Å²) < 4.78 is 5.72. The third-order valence-corrected chi connectivity index (χ3v) is 5.08. The maximum Gasteiger partial charge on any atom is 0.236 e. The Hall–Kier alpha value is -1.43. The molecule has 1 amide bonds. The molecule has 5 nitrogen and oxygen atoms in total. The number of hydrogen-bond acceptors (Lipinski definition) is 4. The molecule has 2 atom stereocenters. The zero-order valence-corrected chi connectivity index (χ0v) is 15.8. The number of amides is 1. The third kappa shape index (κ3) is 5.27. The Kier molecular flexibility index (Phi) is 6.10. The second kappa shape index (κ2) is 8.30. The summed E-state index contributed by atoms with van der Waals surface area (Å²) in [6, 6.07) is 8.73. The quantitative estimate of drug-likeness (QED) is 0.833. The summed E-state index contributed by atoms with van der Waals surface area (Å²) in [6.07, 6.45) is 0.276. The van der Waals surface area contributed by atoms with E-state index >= 15 is 0 Å². The first-order chi connectivity index (χ1) is 12.0. The smallest absolute Gasteiger partial charge is 0.236 e. The van der Waals surface area contributed by atoms with Gasteiger partial charge < -0.3 is 9.64 Å². The number of carbonyl (C=O) groups excluding carboxylic acids is 1. The average Bonchev–Trinajstić information content (AvgIpc) is 2.56. The Balaban J connectivity index is 1.43. The van der Waals surface area contributed by atoms with Gasteiger partial charge in [0, 0.05) is 45.8 Å². The number of ether oxygens (including phenoxy) is 1. The molecule has 0 bridgehead atoms. The molecule has 2 aliphatic rings. The van der Waals surface area contributed by atoms with E-state index in [1.54, 1.807) is 0 Å². The van der Waals surface area contributed by atoms with Gasteiger partial charge in [-0.2, -0.15) is 0 Å². The minimum absolute atomic E-state index is 0.138. The number of benzene rings is 1. The first-order valence-corrected chi connectivity index (χ1v) is 9.43. The van der Waals surface area contributed by atoms with E-state index in [9.17, 15) is 4.79 Å². The molecule has 5 heteroatoms. The first kappa shape index (κ1) is 18.4. The molecule has 2 aliphatic heterocycles. The van der Waals surface area contributed by atoms with Gasteiger partial charge in [-0.25, -0.2) is 0 Å². The number of nitrogens with zero attached hydrogens (tertiary/aromatic N) is 3. The minimum atomic E-state index is 0.138. The van der Waals surface area contributed by atoms with Crippen molar-refractivity contribution in [3.63, 3.8) is 0 Å². The van der Waals surface area contributed by atoms with Crippen molar-refractivity contribution in [3.05, 3.63) is 35.4 Å². The van der Waals surface area contributed by atoms with Crippen molar-refractivity contribution in [3.8, 4) is 0 Å². The number of morpholine rings is 1. The van der Waals surface area contributed by atoms with Crippen molar-refractivity contribution >= 4 is 5.91 Å². The standard InChI is InChI=1S/C20H31N3O2/c1-16-5-4-6-19(11-16)14-21-7-9-22(10-8-21)15-20(24)23-12-17(2)25-18(3)13-23/h4-6,11,17-18H,7-10,12-15H2,1-3H3. The van der Waals surface area contributed by atoms with Crippen LogP contribution in [0.25, 0.3) is 0 Å². The van der Waals surface area contributed by atoms with Crippen LogP contribution in [0.4, 0.5) is 0 Å². The van der Waals surface area contributed by atoms with Crippen LogP contribution in [0, 0.1) is 6.92 Å². The monoisotopic (exact) mass is 345 g/mol. The number of hydrogen-bond donors (Lipinski definition) is 0. The van der Waals surface area contributed by atoms with Crippen LogP contribution in [-0.2, 0) is 16.1 Å². The topological polar surface area (TPSA) is 36.0 Å². The van der Waals surface area contributed by atoms with Crippen LogP contribution in [0.15, 0.2) is 24.3 Å². The SMILES string of the molecule is Cc1cccc(CN2CCN(CC(=O)N3CC(C)OC(C)C3)CC2)c1. The van der Waals surface area contributed by atoms with E-state index in [1.165, 1.54) is 11.1 Å². The largest absolute Gasteiger partial charge is 0.372 e. The Morgan fingerprint density at radius 3 is 2.36 bits per heavy atom. The maximum absolute atomic E-state index is 12.6. The van der Waals surface area contributed by atoms with Crippen molar-refractivity contribution in [1.82, 2.24) is 14.7 Å². The lowest BCUT2D eigenvalue weighted by atomic mass is 10.1. The Morgan fingerprint density at radius 1 is 1.08 bits per heavy atom. The van der Waals surface area contributed by atoms with E-state index in [-0.39, 0.29) is 18.1 Å². The van der Waals surface area contributed by atoms with Gasteiger partial charge in [-0.1, -0.05) is 29.8 Å². The second-order valence-corrected chi connectivity index (χ2v) is 7.60. The summed E-state index contributed by atoms with van der Waals surface area (Å²) in [5, 5.41) is 0. The summed E-state index contributed by atoms with van der Waals surface area (Å²) in [5.74, 6) is 0.245. The zero-order valence-electron chi connectivity index (χ0n) is 15.8. The molecule has 0 aliphatic carbocycles. The lowest BCUT2D eigenvalue weighted by molar-refractivity contribution is -0.144. The van der Waals surface area contributed by atoms with E-state index in [1.807, 2.05) is 18.7 Å². The van der Waals surface area contributed by atoms with Crippen LogP contribution >= 0.6 is 0 Å². The van der Waals surface area contributed by atoms with Gasteiger partial charge in [0.05, 0.1) is 18.8 Å². The molecule has 1 aromatic carbocycles. The summed E-state index contributed by atoms with van der Waals surface area (Å²) in [6.45, 7) is 13.2. The normalized spacial score (nSPS) is 26.0. The molecule has 2 saturated heterocycles. The first-order valence-electron chi connectivity index (χ1n) is 9.43. The van der Waals surface area contributed by atoms with Gasteiger partial charge >= 0.3 is 0 Å². The molecule has 2 unspecified atom stereocenters. The van der Waals surface area contributed by atoms with Crippen LogP contribution < -0.4 is 0 Å². The van der Waals surface area contributed by atoms with Crippen molar-refractivity contribution in [1.29, 1.82) is 0 Å². The molecule has 25 heavy (non-hydrogen) atoms. The van der Waals surface area contributed by atoms with Gasteiger partial charge in [0.1, 0.15) is 0 Å². The van der Waals surface area contributed by atoms with Gasteiger partial charge in [0.2, 0.25) is 5.91 Å². The van der Waals surface area contributed by atoms with Gasteiger partial charge in [-0.15, -0.1) is 0 Å². The molecule has 0 aromatic heterocycles. The molecule has 0 N–H and O–H groups in total. The molecule has 0 saturated carbocycles. The molecule has 138 valence electrons. The predicted octanol–water partition coefficient (Wildman–Crippen LogP) is 1.75. The summed E-state index contributed by atoms with van der Waals surface area (Å²) >= 11 is 0. The summed E-state index contributed by atoms with van der Waals surface area (Å²) in [4.78, 5) is 19.3. The van der Waals surface area contributed by atoms with Crippen LogP contribution in [0.1, 0.15) is 25.0 Å². The Labute approximate surface area is 151 Å². The molecular weight excluding hydrogens is 314 g/mol. The lowest BCUT2D eigenvalue weighted by Gasteiger charge is -2.38. The maximum atomic E-state index is 12.6. The van der Waals surface area contributed by atoms with Crippen LogP contribution in [-0.4, -0.2) is 78.6 Å². The molecule has 2 fully saturated rings. The number of rotatable bonds is 4. The van der Waals surface area contributed by atoms with Crippen molar-refractivity contribution in [2.24, 2.45) is 0 Å². The van der Waals surface area contributed by atoms with Crippen molar-refractivity contribution < 1.29 is 9.53 Å². The molecular formula is C20H31N3O2. The molecule has 0 spiro atoms. The molecule has 0 radical (unpaired) electrons. The highest BCUT2D eigenvalue weighted by Crippen LogP contribution is 2.13. The van der Waals surface area contributed by atoms with Crippen LogP contribution in [0.3, 0.4) is 0 Å². The second-order valence-electron chi connectivity index (χ2n) is 7.60. The highest BCUT2D eigenvalue weighted by atomic mass is 16.5. The zero-order chi connectivity index (χ0) is 17.8. The minimum Gasteiger partial charge on any atom is -0.372 e. The van der Waals surface area contributed by atoms with E-state index in [0.29, 0.717) is 6.54 Å². The highest BCUT2D eigenvalue weighted by molar-refractivity contribution is 5.78. The van der Waals surface area contributed by atoms with E-state index in [4.69, 9.17) is 4.74 Å². The van der Waals surface area contributed by atoms with Crippen molar-refractivity contribution in [2.75, 3.05) is 45.8 Å². The van der Waals surface area contributed by atoms with E-state index in [0.717, 1.165) is 45.8 Å². The van der Waals surface area contributed by atoms with Gasteiger partial charge in [-0.05, 0) is 26.3 Å². The molecule has 1 aromatic rings. The molecule has 2 heterocycles. The van der Waals surface area contributed by atoms with E-state index < -0.39 is 0 Å². The molecule has 3 rings (SSSR count). The Morgan fingerprint density at radius 2 is 1.72 bits per heavy atom. The lowest BCUT2D eigenvalue weighted by Crippen LogP contribution is -2.53. The summed E-state index contributed by atoms with van der Waals surface area (Å²) in [7, 11) is 0. The summed E-state index contributed by atoms with van der Waals surface area (Å²) in [5.41, 5.74) is 2.69. The number of carbonyl (C=O) groups is 1. The van der Waals surface area contributed by atoms with Crippen LogP contribution in [0.2, 0.25) is 0 Å². The number of aryl methyl sites for hydroxylation is 1. The third-order valence-electron chi connectivity index (χ3n) is 5.08.